The first-order valence-corrected chi connectivity index (χ1v) is 7.31. The lowest BCUT2D eigenvalue weighted by Crippen LogP contribution is -2.37. The molecule has 5 heteroatoms. The van der Waals surface area contributed by atoms with Gasteiger partial charge in [0.2, 0.25) is 0 Å². The van der Waals surface area contributed by atoms with E-state index in [1.54, 1.807) is 29.8 Å². The zero-order chi connectivity index (χ0) is 13.1. The summed E-state index contributed by atoms with van der Waals surface area (Å²) in [4.78, 5) is 22.6. The van der Waals surface area contributed by atoms with E-state index in [4.69, 9.17) is 0 Å². The number of amides is 1. The van der Waals surface area contributed by atoms with Crippen molar-refractivity contribution < 1.29 is 4.79 Å². The smallest absolute Gasteiger partial charge is 0.255 e. The number of pyridine rings is 1. The van der Waals surface area contributed by atoms with Gasteiger partial charge in [-0.15, -0.1) is 11.3 Å². The molecule has 0 aromatic carbocycles. The molecule has 0 radical (unpaired) electrons. The molecule has 19 heavy (non-hydrogen) atoms. The highest BCUT2D eigenvalue weighted by molar-refractivity contribution is 7.09. The molecule has 0 N–H and O–H groups in total. The first-order valence-electron chi connectivity index (χ1n) is 6.43. The number of thiazole rings is 1. The van der Waals surface area contributed by atoms with Crippen LogP contribution in [-0.2, 0) is 0 Å². The van der Waals surface area contributed by atoms with Crippen molar-refractivity contribution in [2.24, 2.45) is 0 Å². The summed E-state index contributed by atoms with van der Waals surface area (Å²) < 4.78 is 0. The summed E-state index contributed by atoms with van der Waals surface area (Å²) >= 11 is 1.71. The quantitative estimate of drug-likeness (QED) is 0.844. The van der Waals surface area contributed by atoms with E-state index in [2.05, 4.69) is 9.97 Å². The van der Waals surface area contributed by atoms with Gasteiger partial charge in [0.15, 0.2) is 0 Å². The standard InChI is InChI=1S/C14H15N3OS/c18-14(12-2-1-5-15-10-12)17-7-3-11(4-8-17)13-16-6-9-19-13/h1-2,5-6,9-11H,3-4,7-8H2. The second kappa shape index (κ2) is 5.48. The van der Waals surface area contributed by atoms with Gasteiger partial charge in [-0.2, -0.15) is 0 Å². The Bertz CT molecular complexity index is 533. The molecule has 0 aliphatic carbocycles. The van der Waals surface area contributed by atoms with E-state index in [1.807, 2.05) is 22.5 Å². The van der Waals surface area contributed by atoms with Crippen LogP contribution in [0.15, 0.2) is 36.1 Å². The number of hydrogen-bond acceptors (Lipinski definition) is 4. The molecule has 1 fully saturated rings. The van der Waals surface area contributed by atoms with Crippen LogP contribution in [0.5, 0.6) is 0 Å². The highest BCUT2D eigenvalue weighted by Gasteiger charge is 2.25. The normalized spacial score (nSPS) is 16.5. The molecular formula is C14H15N3OS. The molecule has 0 bridgehead atoms. The Balaban J connectivity index is 1.63. The Labute approximate surface area is 116 Å². The van der Waals surface area contributed by atoms with Crippen molar-refractivity contribution in [3.05, 3.63) is 46.7 Å². The minimum absolute atomic E-state index is 0.0886. The molecule has 0 spiro atoms. The van der Waals surface area contributed by atoms with Crippen LogP contribution in [0.1, 0.15) is 34.1 Å². The molecule has 0 atom stereocenters. The second-order valence-electron chi connectivity index (χ2n) is 4.68. The summed E-state index contributed by atoms with van der Waals surface area (Å²) in [5.74, 6) is 0.601. The molecule has 1 saturated heterocycles. The summed E-state index contributed by atoms with van der Waals surface area (Å²) in [6.07, 6.45) is 7.17. The highest BCUT2D eigenvalue weighted by Crippen LogP contribution is 2.29. The van der Waals surface area contributed by atoms with Gasteiger partial charge < -0.3 is 4.90 Å². The summed E-state index contributed by atoms with van der Waals surface area (Å²) in [5, 5.41) is 3.22. The predicted molar refractivity (Wildman–Crippen MR) is 74.2 cm³/mol. The fourth-order valence-corrected chi connectivity index (χ4v) is 3.25. The van der Waals surface area contributed by atoms with Gasteiger partial charge in [-0.05, 0) is 25.0 Å². The number of rotatable bonds is 2. The highest BCUT2D eigenvalue weighted by atomic mass is 32.1. The van der Waals surface area contributed by atoms with Crippen LogP contribution in [0.4, 0.5) is 0 Å². The van der Waals surface area contributed by atoms with Gasteiger partial charge in [0.05, 0.1) is 10.6 Å². The molecule has 0 saturated carbocycles. The second-order valence-corrected chi connectivity index (χ2v) is 5.60. The largest absolute Gasteiger partial charge is 0.339 e. The van der Waals surface area contributed by atoms with Crippen molar-refractivity contribution in [2.45, 2.75) is 18.8 Å². The van der Waals surface area contributed by atoms with Gasteiger partial charge in [-0.1, -0.05) is 0 Å². The Morgan fingerprint density at radius 1 is 1.32 bits per heavy atom. The van der Waals surface area contributed by atoms with Crippen LogP contribution in [0.25, 0.3) is 0 Å². The molecular weight excluding hydrogens is 258 g/mol. The summed E-state index contributed by atoms with van der Waals surface area (Å²) in [6, 6.07) is 3.62. The monoisotopic (exact) mass is 273 g/mol. The van der Waals surface area contributed by atoms with Crippen LogP contribution in [0, 0.1) is 0 Å². The number of piperidine rings is 1. The van der Waals surface area contributed by atoms with E-state index in [-0.39, 0.29) is 5.91 Å². The number of nitrogens with zero attached hydrogens (tertiary/aromatic N) is 3. The number of carbonyl (C=O) groups is 1. The third-order valence-corrected chi connectivity index (χ3v) is 4.43. The first kappa shape index (κ1) is 12.3. The van der Waals surface area contributed by atoms with Crippen LogP contribution in [-0.4, -0.2) is 33.9 Å². The third kappa shape index (κ3) is 2.66. The lowest BCUT2D eigenvalue weighted by molar-refractivity contribution is 0.0712. The number of likely N-dealkylation sites (tertiary alicyclic amines) is 1. The fourth-order valence-electron chi connectivity index (χ4n) is 2.44. The maximum atomic E-state index is 12.3. The minimum atomic E-state index is 0.0886. The average molecular weight is 273 g/mol. The van der Waals surface area contributed by atoms with E-state index in [0.29, 0.717) is 11.5 Å². The van der Waals surface area contributed by atoms with E-state index in [1.165, 1.54) is 5.01 Å². The zero-order valence-electron chi connectivity index (χ0n) is 10.5. The van der Waals surface area contributed by atoms with Crippen molar-refractivity contribution in [1.82, 2.24) is 14.9 Å². The molecule has 2 aromatic heterocycles. The molecule has 1 aliphatic heterocycles. The van der Waals surface area contributed by atoms with Crippen LogP contribution < -0.4 is 0 Å². The van der Waals surface area contributed by atoms with Gasteiger partial charge in [-0.3, -0.25) is 9.78 Å². The van der Waals surface area contributed by atoms with Crippen molar-refractivity contribution in [3.8, 4) is 0 Å². The molecule has 3 heterocycles. The maximum Gasteiger partial charge on any atom is 0.255 e. The van der Waals surface area contributed by atoms with Crippen LogP contribution in [0.2, 0.25) is 0 Å². The molecule has 2 aromatic rings. The predicted octanol–water partition coefficient (Wildman–Crippen LogP) is 2.56. The SMILES string of the molecule is O=C(c1cccnc1)N1CCC(c2nccs2)CC1. The average Bonchev–Trinajstić information content (AvgIpc) is 3.02. The summed E-state index contributed by atoms with van der Waals surface area (Å²) in [6.45, 7) is 1.61. The maximum absolute atomic E-state index is 12.3. The van der Waals surface area contributed by atoms with Crippen LogP contribution in [0.3, 0.4) is 0 Å². The van der Waals surface area contributed by atoms with E-state index >= 15 is 0 Å². The number of carbonyl (C=O) groups excluding carboxylic acids is 1. The Hall–Kier alpha value is -1.75. The van der Waals surface area contributed by atoms with Crippen molar-refractivity contribution >= 4 is 17.2 Å². The molecule has 3 rings (SSSR count). The number of aromatic nitrogens is 2. The third-order valence-electron chi connectivity index (χ3n) is 3.49. The van der Waals surface area contributed by atoms with Crippen molar-refractivity contribution in [2.75, 3.05) is 13.1 Å². The van der Waals surface area contributed by atoms with Gasteiger partial charge in [0, 0.05) is 43.0 Å². The molecule has 98 valence electrons. The molecule has 0 unspecified atom stereocenters. The summed E-state index contributed by atoms with van der Waals surface area (Å²) in [7, 11) is 0. The molecule has 1 aliphatic rings. The van der Waals surface area contributed by atoms with Crippen molar-refractivity contribution in [3.63, 3.8) is 0 Å². The van der Waals surface area contributed by atoms with Gasteiger partial charge in [0.25, 0.3) is 5.91 Å². The zero-order valence-corrected chi connectivity index (χ0v) is 11.3. The Morgan fingerprint density at radius 3 is 2.79 bits per heavy atom. The van der Waals surface area contributed by atoms with E-state index in [0.717, 1.165) is 25.9 Å². The van der Waals surface area contributed by atoms with Crippen molar-refractivity contribution in [1.29, 1.82) is 0 Å². The molecule has 1 amide bonds. The van der Waals surface area contributed by atoms with Gasteiger partial charge >= 0.3 is 0 Å². The lowest BCUT2D eigenvalue weighted by Gasteiger charge is -2.31. The fraction of sp³-hybridized carbons (Fsp3) is 0.357. The Morgan fingerprint density at radius 2 is 2.16 bits per heavy atom. The van der Waals surface area contributed by atoms with E-state index in [9.17, 15) is 4.79 Å². The van der Waals surface area contributed by atoms with Gasteiger partial charge in [-0.25, -0.2) is 4.98 Å². The molecule has 4 nitrogen and oxygen atoms in total. The topological polar surface area (TPSA) is 46.1 Å². The van der Waals surface area contributed by atoms with E-state index < -0.39 is 0 Å². The minimum Gasteiger partial charge on any atom is -0.339 e. The summed E-state index contributed by atoms with van der Waals surface area (Å²) in [5.41, 5.74) is 0.676. The number of hydrogen-bond donors (Lipinski definition) is 0. The Kier molecular flexibility index (Phi) is 3.55. The first-order chi connectivity index (χ1) is 9.34. The van der Waals surface area contributed by atoms with Crippen LogP contribution >= 0.6 is 11.3 Å². The van der Waals surface area contributed by atoms with Gasteiger partial charge in [0.1, 0.15) is 0 Å². The lowest BCUT2D eigenvalue weighted by atomic mass is 9.97.